The van der Waals surface area contributed by atoms with Crippen molar-refractivity contribution in [2.45, 2.75) is 53.8 Å². The Balaban J connectivity index is 1.44. The molecule has 1 saturated heterocycles. The zero-order valence-corrected chi connectivity index (χ0v) is 35.6. The Morgan fingerprint density at radius 3 is 2.06 bits per heavy atom. The molecule has 20 nitrogen and oxygen atoms in total. The van der Waals surface area contributed by atoms with Crippen LogP contribution in [0.5, 0.6) is 11.5 Å². The van der Waals surface area contributed by atoms with Crippen LogP contribution in [0.1, 0.15) is 64.1 Å². The van der Waals surface area contributed by atoms with Crippen LogP contribution in [0.2, 0.25) is 0 Å². The Kier molecular flexibility index (Phi) is 14.4. The maximum Gasteiger partial charge on any atom is 0.298 e. The number of likely N-dealkylation sites (N-methyl/N-ethyl adjacent to an activating group) is 1. The lowest BCUT2D eigenvalue weighted by Gasteiger charge is -2.27. The van der Waals surface area contributed by atoms with Gasteiger partial charge in [-0.3, -0.25) is 23.9 Å². The molecule has 0 unspecified atom stereocenters. The normalized spacial score (nSPS) is 14.3. The average molecular weight is 851 g/mol. The van der Waals surface area contributed by atoms with Gasteiger partial charge in [0.2, 0.25) is 23.1 Å². The van der Waals surface area contributed by atoms with Crippen molar-refractivity contribution in [3.8, 4) is 11.5 Å². The number of nitrogens with one attached hydrogen (secondary N) is 5. The zero-order valence-electron chi connectivity index (χ0n) is 35.6. The van der Waals surface area contributed by atoms with Gasteiger partial charge in [-0.2, -0.15) is 15.1 Å². The zero-order chi connectivity index (χ0) is 44.5. The van der Waals surface area contributed by atoms with E-state index in [1.54, 1.807) is 51.9 Å². The van der Waals surface area contributed by atoms with Crippen molar-refractivity contribution in [3.63, 3.8) is 0 Å². The van der Waals surface area contributed by atoms with Crippen LogP contribution in [-0.4, -0.2) is 116 Å². The molecule has 0 saturated carbocycles. The second kappa shape index (κ2) is 20.0. The van der Waals surface area contributed by atoms with E-state index in [1.165, 1.54) is 19.3 Å². The summed E-state index contributed by atoms with van der Waals surface area (Å²) in [6.07, 6.45) is 5.81. The van der Waals surface area contributed by atoms with Crippen LogP contribution >= 0.6 is 0 Å². The van der Waals surface area contributed by atoms with Gasteiger partial charge in [-0.1, -0.05) is 12.2 Å². The number of carbonyl (C=O) groups excluding carboxylic acids is 4. The van der Waals surface area contributed by atoms with Crippen molar-refractivity contribution in [1.29, 1.82) is 5.41 Å². The van der Waals surface area contributed by atoms with Gasteiger partial charge in [0.05, 0.1) is 30.4 Å². The molecule has 0 spiro atoms. The average Bonchev–Trinajstić information content (AvgIpc) is 3.92. The first-order chi connectivity index (χ1) is 29.8. The molecule has 1 fully saturated rings. The molecule has 4 amide bonds. The third kappa shape index (κ3) is 10.3. The van der Waals surface area contributed by atoms with Gasteiger partial charge >= 0.3 is 0 Å². The predicted molar refractivity (Wildman–Crippen MR) is 233 cm³/mol. The molecule has 6 rings (SSSR count). The maximum absolute atomic E-state index is 13.8. The van der Waals surface area contributed by atoms with Crippen LogP contribution in [0, 0.1) is 12.3 Å². The first-order valence-electron chi connectivity index (χ1n) is 20.4. The minimum atomic E-state index is -0.671. The number of nitrogens with two attached hydrogens (primary N) is 2. The van der Waals surface area contributed by atoms with E-state index in [0.29, 0.717) is 64.7 Å². The van der Waals surface area contributed by atoms with Crippen LogP contribution in [0.15, 0.2) is 64.2 Å². The third-order valence-electron chi connectivity index (χ3n) is 10.1. The summed E-state index contributed by atoms with van der Waals surface area (Å²) in [6, 6.07) is 7.94. The van der Waals surface area contributed by atoms with Gasteiger partial charge in [-0.15, -0.1) is 0 Å². The third-order valence-corrected chi connectivity index (χ3v) is 10.1. The summed E-state index contributed by atoms with van der Waals surface area (Å²) in [5.41, 5.74) is 15.4. The number of nitrogens with zero attached hydrogens (tertiary/aromatic N) is 7. The van der Waals surface area contributed by atoms with Crippen molar-refractivity contribution in [3.05, 3.63) is 88.0 Å². The molecule has 9 N–H and O–H groups in total. The fourth-order valence-electron chi connectivity index (χ4n) is 7.26. The molecule has 62 heavy (non-hydrogen) atoms. The van der Waals surface area contributed by atoms with Crippen LogP contribution < -0.4 is 42.8 Å². The number of piperazine rings is 1. The molecule has 4 heterocycles. The summed E-state index contributed by atoms with van der Waals surface area (Å²) in [4.78, 5) is 69.7. The number of carbonyl (C=O) groups is 4. The Bertz CT molecular complexity index is 2720. The van der Waals surface area contributed by atoms with Crippen LogP contribution in [-0.2, 0) is 24.4 Å². The monoisotopic (exact) mass is 850 g/mol. The Morgan fingerprint density at radius 1 is 0.903 bits per heavy atom. The largest absolute Gasteiger partial charge is 0.494 e. The lowest BCUT2D eigenvalue weighted by atomic mass is 10.1. The first-order valence-corrected chi connectivity index (χ1v) is 20.4. The van der Waals surface area contributed by atoms with Gasteiger partial charge in [0.25, 0.3) is 11.8 Å². The Hall–Kier alpha value is -7.06. The molecular formula is C42H54N14O6. The number of imidazole rings is 2. The summed E-state index contributed by atoms with van der Waals surface area (Å²) in [5, 5.41) is 18.7. The number of hydrogen-bond donors (Lipinski definition) is 7. The van der Waals surface area contributed by atoms with E-state index in [4.69, 9.17) is 26.4 Å². The molecule has 0 atom stereocenters. The summed E-state index contributed by atoms with van der Waals surface area (Å²) >= 11 is 0. The fourth-order valence-corrected chi connectivity index (χ4v) is 7.26. The number of primary amides is 2. The standard InChI is InChI=1S/C42H54N14O6/c1-6-47-31(19-25(3)43)39(59)50-41-48-29-21-27(37(44)57)23-33(61-5)35(29)54(41)14-8-9-15-55-36-30(49-42(55)51-40(60)32-20-26(4)52-56(32)7-2)22-28(38(45)58)24-34(36)62-18-10-13-53-16-11-46-12-17-53/h8-9,19-24,43,46-47H,6-7,10-18H2,1-5H3,(H2,44,57)(H2,45,58)(H,48,50,59)(H,49,51,60)/b9-8+,31-19-,43-25?. The van der Waals surface area contributed by atoms with Crippen molar-refractivity contribution < 1.29 is 28.7 Å². The number of methoxy groups -OCH3 is 1. The predicted octanol–water partition coefficient (Wildman–Crippen LogP) is 1.62. The van der Waals surface area contributed by atoms with E-state index in [-0.39, 0.29) is 46.9 Å². The number of aromatic nitrogens is 6. The van der Waals surface area contributed by atoms with Crippen molar-refractivity contribution >= 4 is 51.4 Å². The summed E-state index contributed by atoms with van der Waals surface area (Å²) in [7, 11) is 1.46. The number of allylic oxidation sites excluding steroid dienone is 3. The number of rotatable bonds is 18. The number of amides is 4. The molecule has 0 aliphatic carbocycles. The summed E-state index contributed by atoms with van der Waals surface area (Å²) < 4.78 is 17.1. The van der Waals surface area contributed by atoms with Crippen molar-refractivity contribution in [2.24, 2.45) is 21.5 Å². The number of fused-ring (bicyclic) bond motifs is 2. The minimum absolute atomic E-state index is 0.130. The van der Waals surface area contributed by atoms with E-state index < -0.39 is 23.6 Å². The number of benzene rings is 2. The van der Waals surface area contributed by atoms with Gasteiger partial charge < -0.3 is 61.0 Å². The van der Waals surface area contributed by atoms with Gasteiger partial charge in [0.15, 0.2) is 0 Å². The van der Waals surface area contributed by atoms with Crippen molar-refractivity contribution in [1.82, 2.24) is 44.4 Å². The molecule has 1 aliphatic rings. The smallest absolute Gasteiger partial charge is 0.298 e. The molecule has 0 bridgehead atoms. The number of aryl methyl sites for hydroxylation is 2. The highest BCUT2D eigenvalue weighted by molar-refractivity contribution is 6.02. The lowest BCUT2D eigenvalue weighted by Crippen LogP contribution is -2.43. The number of aromatic amines is 2. The molecule has 0 radical (unpaired) electrons. The van der Waals surface area contributed by atoms with Crippen molar-refractivity contribution in [2.75, 3.05) is 53.0 Å². The van der Waals surface area contributed by atoms with Gasteiger partial charge in [-0.05, 0) is 70.5 Å². The molecule has 328 valence electrons. The van der Waals surface area contributed by atoms with Gasteiger partial charge in [0, 0.05) is 75.7 Å². The van der Waals surface area contributed by atoms with E-state index in [9.17, 15) is 19.2 Å². The summed E-state index contributed by atoms with van der Waals surface area (Å²) in [6.45, 7) is 13.2. The molecule has 5 aromatic rings. The highest BCUT2D eigenvalue weighted by Gasteiger charge is 2.20. The van der Waals surface area contributed by atoms with E-state index >= 15 is 0 Å². The number of hydrogen-bond acceptors (Lipinski definition) is 11. The Morgan fingerprint density at radius 2 is 1.50 bits per heavy atom. The highest BCUT2D eigenvalue weighted by Crippen LogP contribution is 2.28. The molecular weight excluding hydrogens is 797 g/mol. The minimum Gasteiger partial charge on any atom is -0.494 e. The quantitative estimate of drug-likeness (QED) is 0.0290. The molecule has 20 heteroatoms. The molecule has 3 aromatic heterocycles. The fraction of sp³-hybridized carbons (Fsp3) is 0.381. The topological polar surface area (TPSA) is 274 Å². The maximum atomic E-state index is 13.8. The van der Waals surface area contributed by atoms with E-state index in [0.717, 1.165) is 39.1 Å². The number of H-pyrrole nitrogens is 2. The second-order valence-corrected chi connectivity index (χ2v) is 14.6. The summed E-state index contributed by atoms with van der Waals surface area (Å²) in [5.74, 6) is -1.78. The van der Waals surface area contributed by atoms with E-state index in [1.807, 2.05) is 26.0 Å². The van der Waals surface area contributed by atoms with Gasteiger partial charge in [-0.25, -0.2) is 0 Å². The van der Waals surface area contributed by atoms with E-state index in [2.05, 4.69) is 40.6 Å². The molecule has 1 aliphatic heterocycles. The highest BCUT2D eigenvalue weighted by atomic mass is 16.5. The Labute approximate surface area is 356 Å². The van der Waals surface area contributed by atoms with Crippen LogP contribution in [0.25, 0.3) is 22.1 Å². The van der Waals surface area contributed by atoms with Gasteiger partial charge in [0.1, 0.15) is 33.9 Å². The first kappa shape index (κ1) is 44.5. The second-order valence-electron chi connectivity index (χ2n) is 14.6. The lowest BCUT2D eigenvalue weighted by molar-refractivity contribution is -0.115. The SMILES string of the molecule is CCN/C(=C\C(C)=N)C(=O)/N=c1/[nH]c2cc(C(N)=O)cc(OC)c2n1C/C=C/Cn1/c(=N\C(=O)c2cc(C)nn2CC)[nH]c2cc(C(N)=O)cc(OCCCN3CCNCC3)c21. The molecule has 2 aromatic carbocycles. The van der Waals surface area contributed by atoms with Crippen LogP contribution in [0.3, 0.4) is 0 Å². The number of ether oxygens (including phenoxy) is 2. The van der Waals surface area contributed by atoms with Crippen LogP contribution in [0.4, 0.5) is 0 Å².